The average Bonchev–Trinajstić information content (AvgIpc) is 1.94. The normalized spacial score (nSPS) is 16.9. The molecule has 1 aliphatic heterocycles. The Morgan fingerprint density at radius 1 is 1.50 bits per heavy atom. The second kappa shape index (κ2) is 2.67. The van der Waals surface area contributed by atoms with Crippen molar-refractivity contribution in [3.63, 3.8) is 0 Å². The first-order valence-corrected chi connectivity index (χ1v) is 2.91. The Labute approximate surface area is 55.6 Å². The molecule has 0 spiro atoms. The maximum atomic E-state index is 4.60. The lowest BCUT2D eigenvalue weighted by molar-refractivity contribution is 0.271. The Hall–Kier alpha value is -0.570. The third kappa shape index (κ3) is 1.50. The third-order valence-electron chi connectivity index (χ3n) is 0.624. The Kier molecular flexibility index (Phi) is 1.86. The number of hydrogen-bond acceptors (Lipinski definition) is 2. The van der Waals surface area contributed by atoms with Crippen LogP contribution in [0.3, 0.4) is 0 Å². The molecule has 0 unspecified atom stereocenters. The number of nitrogens with zero attached hydrogens (tertiary/aromatic N) is 1. The fraction of sp³-hybridized carbons (Fsp3) is 0. The summed E-state index contributed by atoms with van der Waals surface area (Å²) in [6.07, 6.45) is 6.90. The van der Waals surface area contributed by atoms with Crippen molar-refractivity contribution in [2.75, 3.05) is 0 Å². The first-order valence-electron chi connectivity index (χ1n) is 2.12. The predicted molar refractivity (Wildman–Crippen MR) is 35.7 cm³/mol. The van der Waals surface area contributed by atoms with Gasteiger partial charge in [0.1, 0.15) is 10.9 Å². The number of hydrogen-bond donors (Lipinski definition) is 0. The van der Waals surface area contributed by atoms with Crippen LogP contribution in [0, 0.1) is 0 Å². The van der Waals surface area contributed by atoms with Gasteiger partial charge in [0.05, 0.1) is 0 Å². The highest BCUT2D eigenvalue weighted by Crippen LogP contribution is 1.97. The van der Waals surface area contributed by atoms with Crippen molar-refractivity contribution in [2.24, 2.45) is 5.16 Å². The van der Waals surface area contributed by atoms with Gasteiger partial charge in [0.25, 0.3) is 0 Å². The molecular weight excluding hydrogens is 170 g/mol. The quantitative estimate of drug-likeness (QED) is 0.548. The SMILES string of the molecule is BrC1=NOC=CC=C1. The molecule has 8 heavy (non-hydrogen) atoms. The summed E-state index contributed by atoms with van der Waals surface area (Å²) in [6.45, 7) is 0. The molecule has 0 radical (unpaired) electrons. The van der Waals surface area contributed by atoms with Gasteiger partial charge < -0.3 is 4.84 Å². The summed E-state index contributed by atoms with van der Waals surface area (Å²) in [5.74, 6) is 0. The fourth-order valence-corrected chi connectivity index (χ4v) is 0.563. The molecule has 0 amide bonds. The van der Waals surface area contributed by atoms with Crippen LogP contribution in [0.15, 0.2) is 29.6 Å². The summed E-state index contributed by atoms with van der Waals surface area (Å²) < 4.78 is 0.697. The summed E-state index contributed by atoms with van der Waals surface area (Å²) in [6, 6.07) is 0. The molecule has 2 nitrogen and oxygen atoms in total. The lowest BCUT2D eigenvalue weighted by Crippen LogP contribution is -1.75. The van der Waals surface area contributed by atoms with Crippen LogP contribution < -0.4 is 0 Å². The Bertz CT molecular complexity index is 157. The van der Waals surface area contributed by atoms with Gasteiger partial charge in [-0.15, -0.1) is 0 Å². The first kappa shape index (κ1) is 5.56. The molecule has 1 heterocycles. The molecule has 0 fully saturated rings. The molecule has 3 heteroatoms. The Morgan fingerprint density at radius 3 is 3.25 bits per heavy atom. The Morgan fingerprint density at radius 2 is 2.38 bits per heavy atom. The van der Waals surface area contributed by atoms with E-state index in [1.165, 1.54) is 6.26 Å². The van der Waals surface area contributed by atoms with E-state index in [1.807, 2.05) is 6.08 Å². The molecular formula is C5H4BrNO. The molecule has 0 saturated heterocycles. The van der Waals surface area contributed by atoms with E-state index in [9.17, 15) is 0 Å². The van der Waals surface area contributed by atoms with E-state index < -0.39 is 0 Å². The summed E-state index contributed by atoms with van der Waals surface area (Å²) in [5, 5.41) is 3.58. The zero-order chi connectivity index (χ0) is 5.82. The molecule has 0 bridgehead atoms. The molecule has 0 aromatic rings. The lowest BCUT2D eigenvalue weighted by atomic mass is 10.5. The van der Waals surface area contributed by atoms with Crippen LogP contribution in [0.5, 0.6) is 0 Å². The lowest BCUT2D eigenvalue weighted by Gasteiger charge is -1.82. The molecule has 1 aliphatic rings. The van der Waals surface area contributed by atoms with Gasteiger partial charge in [0.15, 0.2) is 0 Å². The van der Waals surface area contributed by atoms with Crippen LogP contribution in [-0.2, 0) is 4.84 Å². The minimum absolute atomic E-state index is 0.697. The van der Waals surface area contributed by atoms with E-state index in [1.54, 1.807) is 12.2 Å². The van der Waals surface area contributed by atoms with Crippen molar-refractivity contribution in [1.82, 2.24) is 0 Å². The van der Waals surface area contributed by atoms with Gasteiger partial charge in [-0.3, -0.25) is 0 Å². The smallest absolute Gasteiger partial charge is 0.145 e. The second-order valence-electron chi connectivity index (χ2n) is 1.21. The summed E-state index contributed by atoms with van der Waals surface area (Å²) >= 11 is 3.14. The number of allylic oxidation sites excluding steroid dienone is 3. The van der Waals surface area contributed by atoms with Gasteiger partial charge in [0, 0.05) is 0 Å². The minimum Gasteiger partial charge on any atom is -0.364 e. The minimum atomic E-state index is 0.697. The Balaban J connectivity index is 2.69. The highest BCUT2D eigenvalue weighted by atomic mass is 79.9. The van der Waals surface area contributed by atoms with E-state index in [4.69, 9.17) is 0 Å². The fourth-order valence-electron chi connectivity index (χ4n) is 0.327. The molecule has 0 aliphatic carbocycles. The molecule has 1 rings (SSSR count). The van der Waals surface area contributed by atoms with Gasteiger partial charge in [-0.1, -0.05) is 11.2 Å². The van der Waals surface area contributed by atoms with Crippen LogP contribution in [0.1, 0.15) is 0 Å². The first-order chi connectivity index (χ1) is 3.89. The number of rotatable bonds is 0. The van der Waals surface area contributed by atoms with Crippen molar-refractivity contribution in [1.29, 1.82) is 0 Å². The van der Waals surface area contributed by atoms with Gasteiger partial charge in [0.2, 0.25) is 0 Å². The zero-order valence-corrected chi connectivity index (χ0v) is 5.63. The summed E-state index contributed by atoms with van der Waals surface area (Å²) in [7, 11) is 0. The average molecular weight is 174 g/mol. The van der Waals surface area contributed by atoms with Crippen molar-refractivity contribution in [3.05, 3.63) is 24.5 Å². The topological polar surface area (TPSA) is 21.6 Å². The number of oxime groups is 1. The van der Waals surface area contributed by atoms with E-state index in [2.05, 4.69) is 25.9 Å². The van der Waals surface area contributed by atoms with E-state index >= 15 is 0 Å². The van der Waals surface area contributed by atoms with Gasteiger partial charge in [-0.2, -0.15) is 0 Å². The summed E-state index contributed by atoms with van der Waals surface area (Å²) in [4.78, 5) is 4.60. The van der Waals surface area contributed by atoms with Crippen molar-refractivity contribution < 1.29 is 4.84 Å². The van der Waals surface area contributed by atoms with Crippen LogP contribution in [-0.4, -0.2) is 4.62 Å². The van der Waals surface area contributed by atoms with Gasteiger partial charge >= 0.3 is 0 Å². The van der Waals surface area contributed by atoms with E-state index in [0.717, 1.165) is 0 Å². The summed E-state index contributed by atoms with van der Waals surface area (Å²) in [5.41, 5.74) is 0. The molecule has 0 N–H and O–H groups in total. The van der Waals surface area contributed by atoms with Crippen LogP contribution in [0.4, 0.5) is 0 Å². The van der Waals surface area contributed by atoms with Crippen LogP contribution in [0.25, 0.3) is 0 Å². The largest absolute Gasteiger partial charge is 0.364 e. The van der Waals surface area contributed by atoms with Crippen molar-refractivity contribution in [2.45, 2.75) is 0 Å². The van der Waals surface area contributed by atoms with Crippen LogP contribution in [0.2, 0.25) is 0 Å². The molecule has 0 aromatic heterocycles. The maximum Gasteiger partial charge on any atom is 0.145 e. The van der Waals surface area contributed by atoms with E-state index in [0.29, 0.717) is 4.62 Å². The molecule has 0 atom stereocenters. The third-order valence-corrected chi connectivity index (χ3v) is 1.03. The number of halogens is 1. The monoisotopic (exact) mass is 173 g/mol. The second-order valence-corrected chi connectivity index (χ2v) is 2.02. The van der Waals surface area contributed by atoms with Crippen molar-refractivity contribution in [3.8, 4) is 0 Å². The van der Waals surface area contributed by atoms with Crippen LogP contribution >= 0.6 is 15.9 Å². The van der Waals surface area contributed by atoms with Crippen molar-refractivity contribution >= 4 is 20.6 Å². The maximum absolute atomic E-state index is 4.60. The standard InChI is InChI=1S/C5H4BrNO/c6-5-3-1-2-4-8-7-5/h1-4H. The predicted octanol–water partition coefficient (Wildman–Crippen LogP) is 1.79. The molecule has 0 saturated carbocycles. The van der Waals surface area contributed by atoms with E-state index in [-0.39, 0.29) is 0 Å². The van der Waals surface area contributed by atoms with Gasteiger partial charge in [-0.05, 0) is 28.1 Å². The molecule has 42 valence electrons. The highest BCUT2D eigenvalue weighted by Gasteiger charge is 1.85. The highest BCUT2D eigenvalue weighted by molar-refractivity contribution is 9.18. The zero-order valence-electron chi connectivity index (χ0n) is 4.04. The van der Waals surface area contributed by atoms with Gasteiger partial charge in [-0.25, -0.2) is 0 Å². The molecule has 0 aromatic carbocycles.